The molecule has 42 heavy (non-hydrogen) atoms. The summed E-state index contributed by atoms with van der Waals surface area (Å²) in [6.07, 6.45) is 17.9. The minimum Gasteiger partial charge on any atom is -0.379 e. The maximum Gasteiger partial charge on any atom is 0.0701 e. The van der Waals surface area contributed by atoms with Crippen LogP contribution in [0.1, 0.15) is 97.3 Å². The first-order valence-electron chi connectivity index (χ1n) is 17.1. The van der Waals surface area contributed by atoms with Gasteiger partial charge in [-0.2, -0.15) is 0 Å². The van der Waals surface area contributed by atoms with Gasteiger partial charge in [0, 0.05) is 13.2 Å². The van der Waals surface area contributed by atoms with E-state index in [1.165, 1.54) is 77.0 Å². The van der Waals surface area contributed by atoms with Crippen LogP contribution in [-0.4, -0.2) is 119 Å². The second-order valence-corrected chi connectivity index (χ2v) is 10.3. The molecule has 0 bridgehead atoms. The van der Waals surface area contributed by atoms with E-state index in [0.717, 1.165) is 19.6 Å². The van der Waals surface area contributed by atoms with Crippen LogP contribution < -0.4 is 0 Å². The lowest BCUT2D eigenvalue weighted by molar-refractivity contribution is -0.0248. The summed E-state index contributed by atoms with van der Waals surface area (Å²) in [5.74, 6) is 0. The highest BCUT2D eigenvalue weighted by molar-refractivity contribution is 4.49. The molecule has 0 heterocycles. The molecule has 0 aliphatic carbocycles. The predicted molar refractivity (Wildman–Crippen MR) is 169 cm³/mol. The van der Waals surface area contributed by atoms with Crippen molar-refractivity contribution in [2.75, 3.05) is 119 Å². The summed E-state index contributed by atoms with van der Waals surface area (Å²) in [5.41, 5.74) is 0. The maximum absolute atomic E-state index is 5.66. The zero-order chi connectivity index (χ0) is 30.3. The summed E-state index contributed by atoms with van der Waals surface area (Å²) >= 11 is 0. The SMILES string of the molecule is CCCCCCCCCCCCCCCOCCOCCOCCOCCOCCOCCOCCOCCOCC. The first kappa shape index (κ1) is 41.6. The summed E-state index contributed by atoms with van der Waals surface area (Å²) in [5, 5.41) is 0. The second kappa shape index (κ2) is 40.6. The van der Waals surface area contributed by atoms with E-state index < -0.39 is 0 Å². The molecule has 0 aromatic carbocycles. The quantitative estimate of drug-likeness (QED) is 0.0753. The largest absolute Gasteiger partial charge is 0.379 e. The Labute approximate surface area is 258 Å². The first-order chi connectivity index (χ1) is 20.9. The zero-order valence-corrected chi connectivity index (χ0v) is 27.6. The van der Waals surface area contributed by atoms with Gasteiger partial charge in [-0.15, -0.1) is 0 Å². The Morgan fingerprint density at radius 2 is 0.429 bits per heavy atom. The van der Waals surface area contributed by atoms with E-state index in [0.29, 0.717) is 106 Å². The van der Waals surface area contributed by atoms with Crippen molar-refractivity contribution in [1.29, 1.82) is 0 Å². The molecule has 0 unspecified atom stereocenters. The van der Waals surface area contributed by atoms with Crippen molar-refractivity contribution >= 4 is 0 Å². The molecule has 0 aliphatic heterocycles. The molecular formula is C33H68O9. The zero-order valence-electron chi connectivity index (χ0n) is 27.6. The Morgan fingerprint density at radius 3 is 0.690 bits per heavy atom. The van der Waals surface area contributed by atoms with Gasteiger partial charge in [0.05, 0.1) is 106 Å². The Bertz CT molecular complexity index is 417. The summed E-state index contributed by atoms with van der Waals surface area (Å²) < 4.78 is 49.2. The Morgan fingerprint density at radius 1 is 0.214 bits per heavy atom. The van der Waals surface area contributed by atoms with Gasteiger partial charge >= 0.3 is 0 Å². The van der Waals surface area contributed by atoms with Gasteiger partial charge in [0.15, 0.2) is 0 Å². The van der Waals surface area contributed by atoms with Gasteiger partial charge in [0.1, 0.15) is 0 Å². The highest BCUT2D eigenvalue weighted by Crippen LogP contribution is 2.12. The average molecular weight is 609 g/mol. The monoisotopic (exact) mass is 608 g/mol. The normalized spacial score (nSPS) is 11.6. The fraction of sp³-hybridized carbons (Fsp3) is 1.00. The van der Waals surface area contributed by atoms with E-state index in [4.69, 9.17) is 42.6 Å². The Kier molecular flexibility index (Phi) is 40.3. The van der Waals surface area contributed by atoms with Crippen molar-refractivity contribution in [3.8, 4) is 0 Å². The highest BCUT2D eigenvalue weighted by Gasteiger charge is 1.97. The summed E-state index contributed by atoms with van der Waals surface area (Å²) in [4.78, 5) is 0. The lowest BCUT2D eigenvalue weighted by atomic mass is 10.0. The van der Waals surface area contributed by atoms with Crippen LogP contribution >= 0.6 is 0 Å². The molecule has 0 spiro atoms. The van der Waals surface area contributed by atoms with E-state index in [9.17, 15) is 0 Å². The van der Waals surface area contributed by atoms with Gasteiger partial charge in [0.2, 0.25) is 0 Å². The van der Waals surface area contributed by atoms with Crippen molar-refractivity contribution in [1.82, 2.24) is 0 Å². The van der Waals surface area contributed by atoms with Crippen LogP contribution in [0.3, 0.4) is 0 Å². The molecule has 0 saturated carbocycles. The summed E-state index contributed by atoms with van der Waals surface area (Å²) in [6.45, 7) is 15.0. The summed E-state index contributed by atoms with van der Waals surface area (Å²) in [6, 6.07) is 0. The molecule has 0 atom stereocenters. The van der Waals surface area contributed by atoms with Gasteiger partial charge in [-0.25, -0.2) is 0 Å². The molecule has 9 heteroatoms. The maximum atomic E-state index is 5.66. The minimum atomic E-state index is 0.543. The van der Waals surface area contributed by atoms with Crippen molar-refractivity contribution < 1.29 is 42.6 Å². The molecule has 0 aliphatic rings. The van der Waals surface area contributed by atoms with E-state index in [1.807, 2.05) is 6.92 Å². The number of ether oxygens (including phenoxy) is 9. The van der Waals surface area contributed by atoms with Crippen molar-refractivity contribution in [2.24, 2.45) is 0 Å². The third-order valence-corrected chi connectivity index (χ3v) is 6.57. The number of hydrogen-bond donors (Lipinski definition) is 0. The van der Waals surface area contributed by atoms with Crippen LogP contribution in [0.4, 0.5) is 0 Å². The minimum absolute atomic E-state index is 0.543. The fourth-order valence-electron chi connectivity index (χ4n) is 4.13. The first-order valence-corrected chi connectivity index (χ1v) is 17.1. The summed E-state index contributed by atoms with van der Waals surface area (Å²) in [7, 11) is 0. The highest BCUT2D eigenvalue weighted by atomic mass is 16.6. The van der Waals surface area contributed by atoms with E-state index >= 15 is 0 Å². The van der Waals surface area contributed by atoms with Crippen molar-refractivity contribution in [2.45, 2.75) is 97.3 Å². The fourth-order valence-corrected chi connectivity index (χ4v) is 4.13. The number of rotatable bonds is 39. The molecule has 0 aromatic rings. The number of unbranched alkanes of at least 4 members (excludes halogenated alkanes) is 12. The van der Waals surface area contributed by atoms with Gasteiger partial charge < -0.3 is 42.6 Å². The predicted octanol–water partition coefficient (Wildman–Crippen LogP) is 6.25. The molecule has 254 valence electrons. The molecule has 0 fully saturated rings. The molecule has 0 aromatic heterocycles. The average Bonchev–Trinajstić information content (AvgIpc) is 3.00. The lowest BCUT2D eigenvalue weighted by Gasteiger charge is -2.09. The van der Waals surface area contributed by atoms with Gasteiger partial charge in [-0.3, -0.25) is 0 Å². The topological polar surface area (TPSA) is 83.1 Å². The number of hydrogen-bond acceptors (Lipinski definition) is 9. The van der Waals surface area contributed by atoms with E-state index in [-0.39, 0.29) is 0 Å². The Hall–Kier alpha value is -0.360. The third kappa shape index (κ3) is 39.6. The molecule has 0 amide bonds. The van der Waals surface area contributed by atoms with Crippen molar-refractivity contribution in [3.05, 3.63) is 0 Å². The molecule has 0 radical (unpaired) electrons. The Balaban J connectivity index is 3.02. The van der Waals surface area contributed by atoms with Gasteiger partial charge in [-0.1, -0.05) is 84.0 Å². The van der Waals surface area contributed by atoms with Gasteiger partial charge in [0.25, 0.3) is 0 Å². The van der Waals surface area contributed by atoms with Crippen LogP contribution in [0.5, 0.6) is 0 Å². The van der Waals surface area contributed by atoms with Crippen LogP contribution in [0.2, 0.25) is 0 Å². The van der Waals surface area contributed by atoms with E-state index in [1.54, 1.807) is 0 Å². The van der Waals surface area contributed by atoms with Gasteiger partial charge in [-0.05, 0) is 13.3 Å². The van der Waals surface area contributed by atoms with Crippen molar-refractivity contribution in [3.63, 3.8) is 0 Å². The molecule has 0 N–H and O–H groups in total. The smallest absolute Gasteiger partial charge is 0.0701 e. The van der Waals surface area contributed by atoms with Crippen LogP contribution in [0.25, 0.3) is 0 Å². The second-order valence-electron chi connectivity index (χ2n) is 10.3. The molecular weight excluding hydrogens is 540 g/mol. The molecule has 0 saturated heterocycles. The third-order valence-electron chi connectivity index (χ3n) is 6.57. The van der Waals surface area contributed by atoms with Crippen LogP contribution in [0.15, 0.2) is 0 Å². The molecule has 9 nitrogen and oxygen atoms in total. The van der Waals surface area contributed by atoms with E-state index in [2.05, 4.69) is 6.92 Å². The molecule has 0 rings (SSSR count). The van der Waals surface area contributed by atoms with Crippen LogP contribution in [0, 0.1) is 0 Å². The standard InChI is InChI=1S/C33H68O9/c1-3-5-6-7-8-9-10-11-12-13-14-15-16-17-35-20-21-37-24-25-39-28-29-41-32-33-42-31-30-40-27-26-38-23-22-36-19-18-34-4-2/h3-33H2,1-2H3. The van der Waals surface area contributed by atoms with Crippen LogP contribution in [-0.2, 0) is 42.6 Å². The lowest BCUT2D eigenvalue weighted by Crippen LogP contribution is -2.15.